The Labute approximate surface area is 183 Å². The molecule has 1 aliphatic heterocycles. The molecule has 0 aliphatic carbocycles. The zero-order valence-electron chi connectivity index (χ0n) is 18.5. The molecule has 0 amide bonds. The van der Waals surface area contributed by atoms with Crippen LogP contribution in [0.2, 0.25) is 0 Å². The van der Waals surface area contributed by atoms with E-state index in [0.717, 1.165) is 80.8 Å². The SMILES string of the molecule is CCc1nc(CCNC(=NC)N2CCN(Cc3cc(OC)ccc3OC)CC2)cs1. The molecule has 1 fully saturated rings. The fourth-order valence-corrected chi connectivity index (χ4v) is 4.40. The van der Waals surface area contributed by atoms with E-state index < -0.39 is 0 Å². The molecule has 0 radical (unpaired) electrons. The van der Waals surface area contributed by atoms with Gasteiger partial charge in [-0.25, -0.2) is 4.98 Å². The molecule has 2 aromatic rings. The summed E-state index contributed by atoms with van der Waals surface area (Å²) in [5.74, 6) is 2.74. The van der Waals surface area contributed by atoms with E-state index in [2.05, 4.69) is 43.5 Å². The molecule has 8 heteroatoms. The van der Waals surface area contributed by atoms with Crippen molar-refractivity contribution in [2.75, 3.05) is 54.0 Å². The van der Waals surface area contributed by atoms with Crippen LogP contribution >= 0.6 is 11.3 Å². The van der Waals surface area contributed by atoms with Gasteiger partial charge in [0.05, 0.1) is 24.9 Å². The van der Waals surface area contributed by atoms with Crippen LogP contribution in [0.4, 0.5) is 0 Å². The Balaban J connectivity index is 1.48. The number of nitrogens with zero attached hydrogens (tertiary/aromatic N) is 4. The summed E-state index contributed by atoms with van der Waals surface area (Å²) in [5.41, 5.74) is 2.32. The fraction of sp³-hybridized carbons (Fsp3) is 0.545. The quantitative estimate of drug-likeness (QED) is 0.512. The maximum absolute atomic E-state index is 5.53. The number of thiazole rings is 1. The summed E-state index contributed by atoms with van der Waals surface area (Å²) in [6, 6.07) is 5.97. The zero-order valence-corrected chi connectivity index (χ0v) is 19.3. The lowest BCUT2D eigenvalue weighted by Crippen LogP contribution is -2.52. The molecule has 30 heavy (non-hydrogen) atoms. The second kappa shape index (κ2) is 11.2. The molecule has 1 N–H and O–H groups in total. The minimum absolute atomic E-state index is 0.848. The molecule has 1 aliphatic rings. The molecule has 0 atom stereocenters. The number of hydrogen-bond donors (Lipinski definition) is 1. The first-order valence-electron chi connectivity index (χ1n) is 10.5. The molecule has 1 aromatic carbocycles. The average molecular weight is 432 g/mol. The molecule has 0 spiro atoms. The van der Waals surface area contributed by atoms with Gasteiger partial charge in [0.1, 0.15) is 11.5 Å². The van der Waals surface area contributed by atoms with E-state index in [-0.39, 0.29) is 0 Å². The molecular weight excluding hydrogens is 398 g/mol. The number of rotatable bonds is 8. The van der Waals surface area contributed by atoms with Gasteiger partial charge >= 0.3 is 0 Å². The van der Waals surface area contributed by atoms with E-state index in [4.69, 9.17) is 9.47 Å². The number of benzene rings is 1. The number of aromatic nitrogens is 1. The smallest absolute Gasteiger partial charge is 0.193 e. The van der Waals surface area contributed by atoms with Crippen LogP contribution in [0, 0.1) is 0 Å². The second-order valence-electron chi connectivity index (χ2n) is 7.25. The standard InChI is InChI=1S/C22H33N5O2S/c1-5-21-25-18(16-30-21)8-9-24-22(23-2)27-12-10-26(11-13-27)15-17-14-19(28-3)6-7-20(17)29-4/h6-7,14,16H,5,8-13,15H2,1-4H3,(H,23,24). The molecule has 2 heterocycles. The molecule has 3 rings (SSSR count). The highest BCUT2D eigenvalue weighted by Gasteiger charge is 2.20. The highest BCUT2D eigenvalue weighted by Crippen LogP contribution is 2.25. The summed E-state index contributed by atoms with van der Waals surface area (Å²) in [6.07, 6.45) is 1.93. The maximum Gasteiger partial charge on any atom is 0.193 e. The van der Waals surface area contributed by atoms with Gasteiger partial charge in [-0.05, 0) is 24.6 Å². The fourth-order valence-electron chi connectivity index (χ4n) is 3.62. The lowest BCUT2D eigenvalue weighted by molar-refractivity contribution is 0.171. The van der Waals surface area contributed by atoms with Crippen LogP contribution < -0.4 is 14.8 Å². The molecule has 0 unspecified atom stereocenters. The van der Waals surface area contributed by atoms with Crippen LogP contribution in [0.5, 0.6) is 11.5 Å². The predicted octanol–water partition coefficient (Wildman–Crippen LogP) is 2.66. The number of nitrogens with one attached hydrogen (secondary N) is 1. The van der Waals surface area contributed by atoms with Crippen molar-refractivity contribution in [1.29, 1.82) is 0 Å². The van der Waals surface area contributed by atoms with Crippen LogP contribution in [0.3, 0.4) is 0 Å². The van der Waals surface area contributed by atoms with Crippen molar-refractivity contribution in [3.63, 3.8) is 0 Å². The van der Waals surface area contributed by atoms with Gasteiger partial charge in [0, 0.05) is 63.7 Å². The average Bonchev–Trinajstić information content (AvgIpc) is 3.25. The van der Waals surface area contributed by atoms with Crippen LogP contribution in [0.15, 0.2) is 28.6 Å². The molecule has 0 bridgehead atoms. The van der Waals surface area contributed by atoms with Gasteiger partial charge in [0.25, 0.3) is 0 Å². The molecule has 164 valence electrons. The van der Waals surface area contributed by atoms with Crippen molar-refractivity contribution in [2.24, 2.45) is 4.99 Å². The van der Waals surface area contributed by atoms with Crippen LogP contribution in [-0.4, -0.2) is 74.7 Å². The van der Waals surface area contributed by atoms with E-state index in [9.17, 15) is 0 Å². The van der Waals surface area contributed by atoms with Gasteiger partial charge < -0.3 is 19.7 Å². The Kier molecular flexibility index (Phi) is 8.33. The third kappa shape index (κ3) is 5.86. The Morgan fingerprint density at radius 1 is 1.20 bits per heavy atom. The molecule has 1 saturated heterocycles. The summed E-state index contributed by atoms with van der Waals surface area (Å²) >= 11 is 1.75. The lowest BCUT2D eigenvalue weighted by Gasteiger charge is -2.36. The molecule has 1 aromatic heterocycles. The van der Waals surface area contributed by atoms with E-state index in [1.54, 1.807) is 25.6 Å². The Morgan fingerprint density at radius 2 is 2.00 bits per heavy atom. The van der Waals surface area contributed by atoms with Gasteiger partial charge in [-0.3, -0.25) is 9.89 Å². The first-order chi connectivity index (χ1) is 14.7. The second-order valence-corrected chi connectivity index (χ2v) is 8.19. The van der Waals surface area contributed by atoms with Gasteiger partial charge in [-0.2, -0.15) is 0 Å². The largest absolute Gasteiger partial charge is 0.497 e. The summed E-state index contributed by atoms with van der Waals surface area (Å²) in [5, 5.41) is 6.87. The minimum Gasteiger partial charge on any atom is -0.497 e. The van der Waals surface area contributed by atoms with Gasteiger partial charge in [-0.1, -0.05) is 6.92 Å². The number of aryl methyl sites for hydroxylation is 1. The number of hydrogen-bond acceptors (Lipinski definition) is 6. The maximum atomic E-state index is 5.53. The number of aliphatic imine (C=N–C) groups is 1. The number of ether oxygens (including phenoxy) is 2. The lowest BCUT2D eigenvalue weighted by atomic mass is 10.1. The van der Waals surface area contributed by atoms with Gasteiger partial charge in [-0.15, -0.1) is 11.3 Å². The van der Waals surface area contributed by atoms with E-state index >= 15 is 0 Å². The first kappa shape index (κ1) is 22.4. The van der Waals surface area contributed by atoms with Crippen LogP contribution in [0.1, 0.15) is 23.2 Å². The summed E-state index contributed by atoms with van der Waals surface area (Å²) < 4.78 is 10.9. The molecule has 7 nitrogen and oxygen atoms in total. The van der Waals surface area contributed by atoms with E-state index in [0.29, 0.717) is 0 Å². The van der Waals surface area contributed by atoms with Crippen LogP contribution in [0.25, 0.3) is 0 Å². The van der Waals surface area contributed by atoms with Crippen molar-refractivity contribution < 1.29 is 9.47 Å². The van der Waals surface area contributed by atoms with E-state index in [1.807, 2.05) is 19.2 Å². The highest BCUT2D eigenvalue weighted by molar-refractivity contribution is 7.09. The third-order valence-electron chi connectivity index (χ3n) is 5.33. The minimum atomic E-state index is 0.848. The Morgan fingerprint density at radius 3 is 2.63 bits per heavy atom. The molecular formula is C22H33N5O2S. The molecule has 0 saturated carbocycles. The van der Waals surface area contributed by atoms with Crippen molar-refractivity contribution in [1.82, 2.24) is 20.1 Å². The van der Waals surface area contributed by atoms with Crippen molar-refractivity contribution in [3.05, 3.63) is 39.8 Å². The van der Waals surface area contributed by atoms with Crippen LogP contribution in [-0.2, 0) is 19.4 Å². The van der Waals surface area contributed by atoms with Crippen molar-refractivity contribution >= 4 is 17.3 Å². The summed E-state index contributed by atoms with van der Waals surface area (Å²) in [7, 11) is 5.27. The monoisotopic (exact) mass is 431 g/mol. The number of methoxy groups -OCH3 is 2. The Hall–Kier alpha value is -2.32. The van der Waals surface area contributed by atoms with Gasteiger partial charge in [0.15, 0.2) is 5.96 Å². The summed E-state index contributed by atoms with van der Waals surface area (Å²) in [6.45, 7) is 7.70. The highest BCUT2D eigenvalue weighted by atomic mass is 32.1. The van der Waals surface area contributed by atoms with E-state index in [1.165, 1.54) is 5.01 Å². The number of guanidine groups is 1. The zero-order chi connectivity index (χ0) is 21.3. The Bertz CT molecular complexity index is 831. The first-order valence-corrected chi connectivity index (χ1v) is 11.4. The van der Waals surface area contributed by atoms with Crippen molar-refractivity contribution in [3.8, 4) is 11.5 Å². The van der Waals surface area contributed by atoms with Crippen molar-refractivity contribution in [2.45, 2.75) is 26.3 Å². The number of piperazine rings is 1. The van der Waals surface area contributed by atoms with Gasteiger partial charge in [0.2, 0.25) is 0 Å². The normalized spacial score (nSPS) is 15.3. The predicted molar refractivity (Wildman–Crippen MR) is 123 cm³/mol. The summed E-state index contributed by atoms with van der Waals surface area (Å²) in [4.78, 5) is 13.9. The third-order valence-corrected chi connectivity index (χ3v) is 6.37. The topological polar surface area (TPSA) is 62.2 Å².